The quantitative estimate of drug-likeness (QED) is 0.612. The second-order valence-electron chi connectivity index (χ2n) is 5.50. The predicted molar refractivity (Wildman–Crippen MR) is 75.0 cm³/mol. The lowest BCUT2D eigenvalue weighted by Gasteiger charge is -2.15. The van der Waals surface area contributed by atoms with Crippen LogP contribution in [0.15, 0.2) is 0 Å². The third-order valence-electron chi connectivity index (χ3n) is 3.27. The number of hydrogen-bond donors (Lipinski definition) is 3. The smallest absolute Gasteiger partial charge is 0.220 e. The Labute approximate surface area is 115 Å². The molecular formula is C12H25N3O3S. The van der Waals surface area contributed by atoms with Gasteiger partial charge in [0, 0.05) is 25.0 Å². The summed E-state index contributed by atoms with van der Waals surface area (Å²) in [6, 6.07) is -0.0192. The lowest BCUT2D eigenvalue weighted by atomic mass is 10.00. The fraction of sp³-hybridized carbons (Fsp3) is 0.917. The van der Waals surface area contributed by atoms with Gasteiger partial charge < -0.3 is 11.1 Å². The van der Waals surface area contributed by atoms with E-state index in [2.05, 4.69) is 10.0 Å². The summed E-state index contributed by atoms with van der Waals surface area (Å²) in [5.74, 6) is 0.0423. The summed E-state index contributed by atoms with van der Waals surface area (Å²) in [6.07, 6.45) is 3.44. The maximum Gasteiger partial charge on any atom is 0.220 e. The summed E-state index contributed by atoms with van der Waals surface area (Å²) in [5, 5.41) is 2.65. The Morgan fingerprint density at radius 1 is 1.37 bits per heavy atom. The zero-order valence-corrected chi connectivity index (χ0v) is 12.5. The molecule has 1 aliphatic carbocycles. The summed E-state index contributed by atoms with van der Waals surface area (Å²) in [5.41, 5.74) is 5.89. The highest BCUT2D eigenvalue weighted by molar-refractivity contribution is 7.89. The second kappa shape index (κ2) is 7.21. The van der Waals surface area contributed by atoms with Crippen LogP contribution in [0.5, 0.6) is 0 Å². The topological polar surface area (TPSA) is 101 Å². The zero-order valence-electron chi connectivity index (χ0n) is 11.7. The average Bonchev–Trinajstić information content (AvgIpc) is 2.62. The molecule has 7 heteroatoms. The van der Waals surface area contributed by atoms with Crippen LogP contribution in [0, 0.1) is 5.92 Å². The first-order chi connectivity index (χ1) is 8.80. The monoisotopic (exact) mass is 291 g/mol. The molecule has 1 fully saturated rings. The minimum Gasteiger partial charge on any atom is -0.355 e. The number of amides is 1. The number of nitrogens with one attached hydrogen (secondary N) is 2. The van der Waals surface area contributed by atoms with Crippen molar-refractivity contribution in [1.29, 1.82) is 0 Å². The lowest BCUT2D eigenvalue weighted by molar-refractivity contribution is -0.121. The zero-order chi connectivity index (χ0) is 14.5. The maximum absolute atomic E-state index is 11.7. The first kappa shape index (κ1) is 16.4. The fourth-order valence-electron chi connectivity index (χ4n) is 2.37. The van der Waals surface area contributed by atoms with Crippen molar-refractivity contribution >= 4 is 15.9 Å². The van der Waals surface area contributed by atoms with E-state index in [1.807, 2.05) is 0 Å². The maximum atomic E-state index is 11.7. The van der Waals surface area contributed by atoms with Gasteiger partial charge in [0.1, 0.15) is 0 Å². The van der Waals surface area contributed by atoms with Crippen LogP contribution in [0.3, 0.4) is 0 Å². The Kier molecular flexibility index (Phi) is 6.22. The number of hydrogen-bond acceptors (Lipinski definition) is 4. The highest BCUT2D eigenvalue weighted by Gasteiger charge is 2.26. The van der Waals surface area contributed by atoms with Gasteiger partial charge >= 0.3 is 0 Å². The molecule has 1 aliphatic rings. The van der Waals surface area contributed by atoms with Crippen molar-refractivity contribution in [1.82, 2.24) is 10.0 Å². The van der Waals surface area contributed by atoms with Crippen LogP contribution in [-0.2, 0) is 14.8 Å². The SMILES string of the molecule is CC(C)NS(=O)(=O)CCNC(=O)C[C@@H]1CCC[C@H]1N. The summed E-state index contributed by atoms with van der Waals surface area (Å²) in [4.78, 5) is 11.7. The normalized spacial score (nSPS) is 23.8. The van der Waals surface area contributed by atoms with E-state index in [1.54, 1.807) is 13.8 Å². The Balaban J connectivity index is 2.23. The van der Waals surface area contributed by atoms with Crippen LogP contribution < -0.4 is 15.8 Å². The molecule has 0 bridgehead atoms. The van der Waals surface area contributed by atoms with Crippen molar-refractivity contribution in [3.8, 4) is 0 Å². The molecule has 1 rings (SSSR count). The van der Waals surface area contributed by atoms with Crippen molar-refractivity contribution in [2.24, 2.45) is 11.7 Å². The van der Waals surface area contributed by atoms with Crippen molar-refractivity contribution < 1.29 is 13.2 Å². The average molecular weight is 291 g/mol. The van der Waals surface area contributed by atoms with Crippen LogP contribution in [0.25, 0.3) is 0 Å². The number of carbonyl (C=O) groups excluding carboxylic acids is 1. The molecule has 4 N–H and O–H groups in total. The van der Waals surface area contributed by atoms with E-state index in [9.17, 15) is 13.2 Å². The number of sulfonamides is 1. The van der Waals surface area contributed by atoms with Gasteiger partial charge in [-0.05, 0) is 32.6 Å². The van der Waals surface area contributed by atoms with Crippen LogP contribution >= 0.6 is 0 Å². The molecule has 0 aromatic carbocycles. The highest BCUT2D eigenvalue weighted by Crippen LogP contribution is 2.26. The molecule has 0 aromatic rings. The minimum atomic E-state index is -3.30. The Bertz CT molecular complexity index is 395. The molecule has 19 heavy (non-hydrogen) atoms. The Hall–Kier alpha value is -0.660. The van der Waals surface area contributed by atoms with Crippen molar-refractivity contribution in [2.45, 2.75) is 51.6 Å². The molecule has 0 radical (unpaired) electrons. The van der Waals surface area contributed by atoms with Gasteiger partial charge in [-0.3, -0.25) is 4.79 Å². The lowest BCUT2D eigenvalue weighted by Crippen LogP contribution is -2.38. The fourth-order valence-corrected chi connectivity index (χ4v) is 3.58. The van der Waals surface area contributed by atoms with Gasteiger partial charge in [-0.2, -0.15) is 0 Å². The standard InChI is InChI=1S/C12H25N3O3S/c1-9(2)15-19(17,18)7-6-14-12(16)8-10-4-3-5-11(10)13/h9-11,15H,3-8,13H2,1-2H3,(H,14,16)/t10-,11+/m0/s1. The highest BCUT2D eigenvalue weighted by atomic mass is 32.2. The summed E-state index contributed by atoms with van der Waals surface area (Å²) in [6.45, 7) is 3.66. The van der Waals surface area contributed by atoms with Gasteiger partial charge in [-0.25, -0.2) is 13.1 Å². The van der Waals surface area contributed by atoms with Crippen molar-refractivity contribution in [3.05, 3.63) is 0 Å². The Morgan fingerprint density at radius 3 is 2.58 bits per heavy atom. The van der Waals surface area contributed by atoms with Crippen molar-refractivity contribution in [2.75, 3.05) is 12.3 Å². The van der Waals surface area contributed by atoms with Gasteiger partial charge in [0.15, 0.2) is 0 Å². The summed E-state index contributed by atoms with van der Waals surface area (Å²) in [7, 11) is -3.30. The number of nitrogens with two attached hydrogens (primary N) is 1. The van der Waals surface area contributed by atoms with E-state index in [0.29, 0.717) is 6.42 Å². The van der Waals surface area contributed by atoms with Crippen molar-refractivity contribution in [3.63, 3.8) is 0 Å². The molecular weight excluding hydrogens is 266 g/mol. The van der Waals surface area contributed by atoms with Gasteiger partial charge in [-0.15, -0.1) is 0 Å². The first-order valence-corrected chi connectivity index (χ1v) is 8.47. The molecule has 0 saturated heterocycles. The van der Waals surface area contributed by atoms with Crippen LogP contribution in [0.4, 0.5) is 0 Å². The number of carbonyl (C=O) groups is 1. The number of rotatable bonds is 7. The molecule has 1 amide bonds. The van der Waals surface area contributed by atoms with E-state index < -0.39 is 10.0 Å². The summed E-state index contributed by atoms with van der Waals surface area (Å²) >= 11 is 0. The largest absolute Gasteiger partial charge is 0.355 e. The van der Waals surface area contributed by atoms with Gasteiger partial charge in [0.2, 0.25) is 15.9 Å². The molecule has 0 aromatic heterocycles. The van der Waals surface area contributed by atoms with Crippen LogP contribution in [0.1, 0.15) is 39.5 Å². The molecule has 1 saturated carbocycles. The molecule has 2 atom stereocenters. The molecule has 0 unspecified atom stereocenters. The third kappa shape index (κ3) is 6.35. The molecule has 0 aliphatic heterocycles. The summed E-state index contributed by atoms with van der Waals surface area (Å²) < 4.78 is 25.5. The molecule has 112 valence electrons. The molecule has 0 heterocycles. The van der Waals surface area contributed by atoms with Gasteiger partial charge in [0.25, 0.3) is 0 Å². The van der Waals surface area contributed by atoms with E-state index >= 15 is 0 Å². The van der Waals surface area contributed by atoms with E-state index in [1.165, 1.54) is 0 Å². The van der Waals surface area contributed by atoms with E-state index in [0.717, 1.165) is 19.3 Å². The molecule has 6 nitrogen and oxygen atoms in total. The minimum absolute atomic E-state index is 0.0896. The Morgan fingerprint density at radius 2 is 2.05 bits per heavy atom. The van der Waals surface area contributed by atoms with Crippen LogP contribution in [-0.4, -0.2) is 38.7 Å². The molecule has 0 spiro atoms. The second-order valence-corrected chi connectivity index (χ2v) is 7.37. The van der Waals surface area contributed by atoms with E-state index in [-0.39, 0.29) is 36.2 Å². The van der Waals surface area contributed by atoms with Gasteiger partial charge in [0.05, 0.1) is 5.75 Å². The van der Waals surface area contributed by atoms with E-state index in [4.69, 9.17) is 5.73 Å². The van der Waals surface area contributed by atoms with Gasteiger partial charge in [-0.1, -0.05) is 6.42 Å². The predicted octanol–water partition coefficient (Wildman–Crippen LogP) is -0.0521. The van der Waals surface area contributed by atoms with Crippen LogP contribution in [0.2, 0.25) is 0 Å². The first-order valence-electron chi connectivity index (χ1n) is 6.82. The third-order valence-corrected chi connectivity index (χ3v) is 4.85.